The molecule has 0 fully saturated rings. The van der Waals surface area contributed by atoms with Gasteiger partial charge in [-0.25, -0.2) is 0 Å². The van der Waals surface area contributed by atoms with Crippen LogP contribution in [0.5, 0.6) is 0 Å². The van der Waals surface area contributed by atoms with E-state index in [9.17, 15) is 13.8 Å². The molecule has 2 rings (SSSR count). The lowest BCUT2D eigenvalue weighted by Gasteiger charge is -2.12. The van der Waals surface area contributed by atoms with Crippen LogP contribution in [0.2, 0.25) is 0 Å². The van der Waals surface area contributed by atoms with E-state index in [1.54, 1.807) is 31.2 Å². The summed E-state index contributed by atoms with van der Waals surface area (Å²) < 4.78 is 12.4. The number of hydrogen-bond donors (Lipinski definition) is 2. The minimum Gasteiger partial charge on any atom is -0.366 e. The Hall–Kier alpha value is -2.47. The quantitative estimate of drug-likeness (QED) is 0.802. The third-order valence-corrected chi connectivity index (χ3v) is 5.21. The normalized spacial score (nSPS) is 13.0. The van der Waals surface area contributed by atoms with E-state index >= 15 is 0 Å². The molecular weight excluding hydrogens is 324 g/mol. The summed E-state index contributed by atoms with van der Waals surface area (Å²) >= 11 is 0. The van der Waals surface area contributed by atoms with Crippen molar-refractivity contribution >= 4 is 22.6 Å². The van der Waals surface area contributed by atoms with Crippen LogP contribution in [0.15, 0.2) is 54.6 Å². The van der Waals surface area contributed by atoms with Crippen LogP contribution < -0.4 is 11.1 Å². The van der Waals surface area contributed by atoms with Crippen molar-refractivity contribution < 1.29 is 13.8 Å². The molecule has 0 unspecified atom stereocenters. The molecule has 0 radical (unpaired) electrons. The molecule has 2 atom stereocenters. The van der Waals surface area contributed by atoms with Gasteiger partial charge in [-0.3, -0.25) is 13.8 Å². The number of carbonyl (C=O) groups is 2. The second-order valence-electron chi connectivity index (χ2n) is 5.44. The van der Waals surface area contributed by atoms with E-state index in [2.05, 4.69) is 5.32 Å². The number of nitrogens with two attached hydrogens (primary N) is 1. The number of primary amides is 1. The van der Waals surface area contributed by atoms with Crippen molar-refractivity contribution in [3.05, 3.63) is 71.3 Å². The predicted octanol–water partition coefficient (Wildman–Crippen LogP) is 1.74. The van der Waals surface area contributed by atoms with Crippen molar-refractivity contribution in [1.82, 2.24) is 5.32 Å². The Morgan fingerprint density at radius 1 is 1.08 bits per heavy atom. The molecule has 0 aliphatic rings. The van der Waals surface area contributed by atoms with Crippen molar-refractivity contribution in [2.75, 3.05) is 0 Å². The van der Waals surface area contributed by atoms with E-state index in [1.807, 2.05) is 30.3 Å². The molecule has 6 heteroatoms. The molecule has 3 N–H and O–H groups in total. The second kappa shape index (κ2) is 8.40. The monoisotopic (exact) mass is 344 g/mol. The molecule has 0 saturated carbocycles. The Kier molecular flexibility index (Phi) is 6.26. The fourth-order valence-electron chi connectivity index (χ4n) is 2.15. The van der Waals surface area contributed by atoms with Gasteiger partial charge in [-0.2, -0.15) is 0 Å². The minimum atomic E-state index is -1.39. The summed E-state index contributed by atoms with van der Waals surface area (Å²) in [6.07, 6.45) is 0. The van der Waals surface area contributed by atoms with Gasteiger partial charge >= 0.3 is 0 Å². The smallest absolute Gasteiger partial charge is 0.248 e. The van der Waals surface area contributed by atoms with E-state index in [1.165, 1.54) is 0 Å². The first-order valence-electron chi connectivity index (χ1n) is 7.55. The maximum absolute atomic E-state index is 12.4. The van der Waals surface area contributed by atoms with Crippen LogP contribution in [0.3, 0.4) is 0 Å². The van der Waals surface area contributed by atoms with Crippen LogP contribution in [0, 0.1) is 0 Å². The average Bonchev–Trinajstić information content (AvgIpc) is 2.60. The van der Waals surface area contributed by atoms with E-state index in [0.29, 0.717) is 17.7 Å². The molecule has 126 valence electrons. The van der Waals surface area contributed by atoms with Gasteiger partial charge in [0.25, 0.3) is 0 Å². The summed E-state index contributed by atoms with van der Waals surface area (Å²) in [6.45, 7) is 2.03. The minimum absolute atomic E-state index is 0.195. The Labute approximate surface area is 143 Å². The molecule has 24 heavy (non-hydrogen) atoms. The summed E-state index contributed by atoms with van der Waals surface area (Å²) in [7, 11) is -1.39. The standard InChI is InChI=1S/C18H20N2O3S/c1-13(18(22)20-11-14-6-3-2-4-7-14)24(23)12-15-8-5-9-16(10-15)17(19)21/h2-10,13H,11-12H2,1H3,(H2,19,21)(H,20,22)/t13-,24-/m0/s1. The number of carbonyl (C=O) groups excluding carboxylic acids is 2. The van der Waals surface area contributed by atoms with Gasteiger partial charge in [-0.15, -0.1) is 0 Å². The fraction of sp³-hybridized carbons (Fsp3) is 0.222. The van der Waals surface area contributed by atoms with Crippen molar-refractivity contribution in [3.8, 4) is 0 Å². The summed E-state index contributed by atoms with van der Waals surface area (Å²) in [4.78, 5) is 23.3. The van der Waals surface area contributed by atoms with E-state index in [4.69, 9.17) is 5.73 Å². The highest BCUT2D eigenvalue weighted by atomic mass is 32.2. The van der Waals surface area contributed by atoms with Crippen LogP contribution in [0.4, 0.5) is 0 Å². The van der Waals surface area contributed by atoms with Crippen molar-refractivity contribution in [2.24, 2.45) is 5.73 Å². The maximum atomic E-state index is 12.4. The molecule has 0 saturated heterocycles. The van der Waals surface area contributed by atoms with Gasteiger partial charge in [0.1, 0.15) is 5.25 Å². The van der Waals surface area contributed by atoms with Gasteiger partial charge in [0.2, 0.25) is 11.8 Å². The van der Waals surface area contributed by atoms with Crippen LogP contribution in [-0.4, -0.2) is 21.3 Å². The number of amides is 2. The third-order valence-electron chi connectivity index (χ3n) is 3.59. The Bertz CT molecular complexity index is 747. The number of benzene rings is 2. The number of hydrogen-bond acceptors (Lipinski definition) is 3. The van der Waals surface area contributed by atoms with Gasteiger partial charge < -0.3 is 11.1 Å². The SMILES string of the molecule is C[C@@H](C(=O)NCc1ccccc1)[S@@](=O)Cc1cccc(C(N)=O)c1. The topological polar surface area (TPSA) is 89.3 Å². The second-order valence-corrected chi connectivity index (χ2v) is 7.19. The van der Waals surface area contributed by atoms with Gasteiger partial charge in [0, 0.05) is 28.7 Å². The third kappa shape index (κ3) is 5.03. The first-order chi connectivity index (χ1) is 11.5. The van der Waals surface area contributed by atoms with Crippen LogP contribution in [-0.2, 0) is 27.9 Å². The first-order valence-corrected chi connectivity index (χ1v) is 8.93. The molecule has 2 amide bonds. The summed E-state index contributed by atoms with van der Waals surface area (Å²) in [5.74, 6) is -0.597. The lowest BCUT2D eigenvalue weighted by Crippen LogP contribution is -2.35. The van der Waals surface area contributed by atoms with E-state index < -0.39 is 22.0 Å². The highest BCUT2D eigenvalue weighted by molar-refractivity contribution is 7.85. The van der Waals surface area contributed by atoms with E-state index in [0.717, 1.165) is 5.56 Å². The molecular formula is C18H20N2O3S. The largest absolute Gasteiger partial charge is 0.366 e. The first kappa shape index (κ1) is 17.9. The van der Waals surface area contributed by atoms with Gasteiger partial charge in [-0.05, 0) is 30.2 Å². The van der Waals surface area contributed by atoms with Gasteiger partial charge in [0.15, 0.2) is 0 Å². The lowest BCUT2D eigenvalue weighted by molar-refractivity contribution is -0.120. The average molecular weight is 344 g/mol. The summed E-state index contributed by atoms with van der Waals surface area (Å²) in [5.41, 5.74) is 7.30. The molecule has 0 aliphatic carbocycles. The van der Waals surface area contributed by atoms with Gasteiger partial charge in [-0.1, -0.05) is 42.5 Å². The van der Waals surface area contributed by atoms with Gasteiger partial charge in [0.05, 0.1) is 0 Å². The number of nitrogens with one attached hydrogen (secondary N) is 1. The molecule has 0 heterocycles. The molecule has 0 aromatic heterocycles. The Balaban J connectivity index is 1.92. The van der Waals surface area contributed by atoms with Crippen LogP contribution in [0.1, 0.15) is 28.4 Å². The predicted molar refractivity (Wildman–Crippen MR) is 94.6 cm³/mol. The molecule has 5 nitrogen and oxygen atoms in total. The van der Waals surface area contributed by atoms with E-state index in [-0.39, 0.29) is 11.7 Å². The molecule has 2 aromatic carbocycles. The molecule has 0 aliphatic heterocycles. The zero-order valence-corrected chi connectivity index (χ0v) is 14.2. The number of rotatable bonds is 7. The molecule has 0 bridgehead atoms. The highest BCUT2D eigenvalue weighted by Crippen LogP contribution is 2.10. The van der Waals surface area contributed by atoms with Crippen LogP contribution >= 0.6 is 0 Å². The fourth-order valence-corrected chi connectivity index (χ4v) is 3.23. The summed E-state index contributed by atoms with van der Waals surface area (Å²) in [6, 6.07) is 16.2. The van der Waals surface area contributed by atoms with Crippen LogP contribution in [0.25, 0.3) is 0 Å². The van der Waals surface area contributed by atoms with Crippen molar-refractivity contribution in [3.63, 3.8) is 0 Å². The highest BCUT2D eigenvalue weighted by Gasteiger charge is 2.20. The Morgan fingerprint density at radius 3 is 2.42 bits per heavy atom. The summed E-state index contributed by atoms with van der Waals surface area (Å²) in [5, 5.41) is 2.14. The molecule has 0 spiro atoms. The molecule has 2 aromatic rings. The lowest BCUT2D eigenvalue weighted by atomic mass is 10.1. The Morgan fingerprint density at radius 2 is 1.75 bits per heavy atom. The zero-order valence-electron chi connectivity index (χ0n) is 13.4. The van der Waals surface area contributed by atoms with Crippen molar-refractivity contribution in [2.45, 2.75) is 24.5 Å². The maximum Gasteiger partial charge on any atom is 0.248 e. The zero-order chi connectivity index (χ0) is 17.5. The van der Waals surface area contributed by atoms with Crippen molar-refractivity contribution in [1.29, 1.82) is 0 Å².